The highest BCUT2D eigenvalue weighted by molar-refractivity contribution is 9.10. The van der Waals surface area contributed by atoms with Crippen LogP contribution < -0.4 is 4.90 Å². The Morgan fingerprint density at radius 2 is 1.88 bits per heavy atom. The van der Waals surface area contributed by atoms with Crippen LogP contribution in [-0.4, -0.2) is 29.8 Å². The molecule has 1 aromatic rings. The second-order valence-electron chi connectivity index (χ2n) is 6.46. The molecule has 0 spiro atoms. The van der Waals surface area contributed by atoms with E-state index < -0.39 is 11.7 Å². The topological polar surface area (TPSA) is 36.4 Å². The Hall–Kier alpha value is -0.820. The molecule has 24 heavy (non-hydrogen) atoms. The number of anilines is 1. The highest BCUT2D eigenvalue weighted by Gasteiger charge is 2.32. The third-order valence-electron chi connectivity index (χ3n) is 4.81. The molecule has 1 fully saturated rings. The molecule has 0 atom stereocenters. The first-order valence-corrected chi connectivity index (χ1v) is 9.23. The molecule has 0 aliphatic heterocycles. The van der Waals surface area contributed by atoms with E-state index in [0.717, 1.165) is 50.9 Å². The third-order valence-corrected chi connectivity index (χ3v) is 5.40. The molecule has 2 rings (SSSR count). The van der Waals surface area contributed by atoms with Crippen LogP contribution in [-0.2, 0) is 6.18 Å². The molecule has 0 unspecified atom stereocenters. The van der Waals surface area contributed by atoms with Gasteiger partial charge in [-0.3, -0.25) is 0 Å². The smallest absolute Gasteiger partial charge is 0.396 e. The summed E-state index contributed by atoms with van der Waals surface area (Å²) in [7, 11) is 0. The van der Waals surface area contributed by atoms with Crippen LogP contribution in [0.4, 0.5) is 19.0 Å². The van der Waals surface area contributed by atoms with Crippen molar-refractivity contribution in [2.75, 3.05) is 24.6 Å². The number of pyridine rings is 1. The Kier molecular flexibility index (Phi) is 6.92. The number of hydrogen-bond acceptors (Lipinski definition) is 3. The maximum atomic E-state index is 12.8. The molecule has 136 valence electrons. The average molecular weight is 409 g/mol. The molecule has 0 radical (unpaired) electrons. The Morgan fingerprint density at radius 1 is 1.25 bits per heavy atom. The Balaban J connectivity index is 2.02. The first kappa shape index (κ1) is 19.5. The summed E-state index contributed by atoms with van der Waals surface area (Å²) < 4.78 is 38.7. The zero-order valence-corrected chi connectivity index (χ0v) is 15.4. The summed E-state index contributed by atoms with van der Waals surface area (Å²) in [6.45, 7) is 3.74. The highest BCUT2D eigenvalue weighted by atomic mass is 79.9. The molecule has 0 bridgehead atoms. The Bertz CT molecular complexity index is 531. The van der Waals surface area contributed by atoms with E-state index in [1.807, 2.05) is 11.8 Å². The lowest BCUT2D eigenvalue weighted by Crippen LogP contribution is -2.32. The van der Waals surface area contributed by atoms with E-state index in [0.29, 0.717) is 28.7 Å². The molecule has 0 saturated heterocycles. The summed E-state index contributed by atoms with van der Waals surface area (Å²) in [5, 5.41) is 9.02. The van der Waals surface area contributed by atoms with Gasteiger partial charge in [-0.2, -0.15) is 13.2 Å². The maximum absolute atomic E-state index is 12.8. The van der Waals surface area contributed by atoms with Crippen molar-refractivity contribution >= 4 is 21.7 Å². The van der Waals surface area contributed by atoms with Crippen molar-refractivity contribution in [1.29, 1.82) is 0 Å². The van der Waals surface area contributed by atoms with Crippen LogP contribution in [0.15, 0.2) is 16.7 Å². The minimum absolute atomic E-state index is 0.249. The lowest BCUT2D eigenvalue weighted by molar-refractivity contribution is -0.137. The molecule has 1 aromatic heterocycles. The SMILES string of the molecule is CCN(C[C@H]1CC[C@H](CCO)CC1)c1ncc(C(F)(F)F)cc1Br. The maximum Gasteiger partial charge on any atom is 0.417 e. The number of rotatable bonds is 6. The molecule has 1 saturated carbocycles. The zero-order chi connectivity index (χ0) is 17.7. The van der Waals surface area contributed by atoms with Gasteiger partial charge in [-0.25, -0.2) is 4.98 Å². The van der Waals surface area contributed by atoms with E-state index in [1.165, 1.54) is 0 Å². The highest BCUT2D eigenvalue weighted by Crippen LogP contribution is 2.35. The van der Waals surface area contributed by atoms with Crippen molar-refractivity contribution in [1.82, 2.24) is 4.98 Å². The van der Waals surface area contributed by atoms with E-state index in [-0.39, 0.29) is 6.61 Å². The standard InChI is InChI=1S/C17H24BrF3N2O/c1-2-23(11-13-5-3-12(4-6-13)7-8-24)16-15(18)9-14(10-22-16)17(19,20)21/h9-10,12-13,24H,2-8,11H2,1H3/t12-,13-. The number of alkyl halides is 3. The van der Waals surface area contributed by atoms with Crippen LogP contribution >= 0.6 is 15.9 Å². The second kappa shape index (κ2) is 8.52. The Morgan fingerprint density at radius 3 is 2.38 bits per heavy atom. The van der Waals surface area contributed by atoms with Gasteiger partial charge in [0.25, 0.3) is 0 Å². The van der Waals surface area contributed by atoms with Gasteiger partial charge in [0, 0.05) is 25.9 Å². The quantitative estimate of drug-likeness (QED) is 0.728. The van der Waals surface area contributed by atoms with Crippen molar-refractivity contribution in [2.24, 2.45) is 11.8 Å². The number of halogens is 4. The van der Waals surface area contributed by atoms with Gasteiger partial charge in [-0.1, -0.05) is 12.8 Å². The van der Waals surface area contributed by atoms with Crippen molar-refractivity contribution in [2.45, 2.75) is 45.2 Å². The number of aliphatic hydroxyl groups is 1. The van der Waals surface area contributed by atoms with Crippen molar-refractivity contribution < 1.29 is 18.3 Å². The summed E-state index contributed by atoms with van der Waals surface area (Å²) in [6, 6.07) is 1.10. The van der Waals surface area contributed by atoms with E-state index >= 15 is 0 Å². The van der Waals surface area contributed by atoms with Crippen molar-refractivity contribution in [3.63, 3.8) is 0 Å². The Labute approximate surface area is 149 Å². The fraction of sp³-hybridized carbons (Fsp3) is 0.706. The minimum Gasteiger partial charge on any atom is -0.396 e. The first-order chi connectivity index (χ1) is 11.3. The summed E-state index contributed by atoms with van der Waals surface area (Å²) >= 11 is 3.24. The number of aromatic nitrogens is 1. The van der Waals surface area contributed by atoms with Gasteiger partial charge >= 0.3 is 6.18 Å². The summed E-state index contributed by atoms with van der Waals surface area (Å²) in [5.41, 5.74) is -0.737. The number of aliphatic hydroxyl groups excluding tert-OH is 1. The van der Waals surface area contributed by atoms with Crippen LogP contribution in [0.25, 0.3) is 0 Å². The van der Waals surface area contributed by atoms with Crippen LogP contribution in [0.3, 0.4) is 0 Å². The van der Waals surface area contributed by atoms with Gasteiger partial charge in [-0.15, -0.1) is 0 Å². The number of hydrogen-bond donors (Lipinski definition) is 1. The average Bonchev–Trinajstić information content (AvgIpc) is 2.54. The summed E-state index contributed by atoms with van der Waals surface area (Å²) in [6.07, 6.45) is 1.82. The van der Waals surface area contributed by atoms with E-state index in [9.17, 15) is 13.2 Å². The molecular formula is C17H24BrF3N2O. The number of nitrogens with zero attached hydrogens (tertiary/aromatic N) is 2. The summed E-state index contributed by atoms with van der Waals surface area (Å²) in [5.74, 6) is 1.70. The molecule has 1 heterocycles. The molecular weight excluding hydrogens is 385 g/mol. The van der Waals surface area contributed by atoms with Crippen LogP contribution in [0, 0.1) is 11.8 Å². The normalized spacial score (nSPS) is 21.8. The predicted molar refractivity (Wildman–Crippen MR) is 92.0 cm³/mol. The second-order valence-corrected chi connectivity index (χ2v) is 7.32. The molecule has 7 heteroatoms. The minimum atomic E-state index is -4.38. The van der Waals surface area contributed by atoms with Crippen molar-refractivity contribution in [3.05, 3.63) is 22.3 Å². The fourth-order valence-corrected chi connectivity index (χ4v) is 3.98. The predicted octanol–water partition coefficient (Wildman–Crippen LogP) is 4.88. The van der Waals surface area contributed by atoms with Crippen molar-refractivity contribution in [3.8, 4) is 0 Å². The van der Waals surface area contributed by atoms with E-state index in [4.69, 9.17) is 5.11 Å². The lowest BCUT2D eigenvalue weighted by Gasteiger charge is -2.33. The molecule has 1 aliphatic rings. The molecule has 0 amide bonds. The van der Waals surface area contributed by atoms with Gasteiger partial charge in [0.1, 0.15) is 5.82 Å². The monoisotopic (exact) mass is 408 g/mol. The largest absolute Gasteiger partial charge is 0.417 e. The molecule has 1 N–H and O–H groups in total. The van der Waals surface area contributed by atoms with Gasteiger partial charge in [0.15, 0.2) is 0 Å². The van der Waals surface area contributed by atoms with E-state index in [1.54, 1.807) is 0 Å². The van der Waals surface area contributed by atoms with Crippen LogP contribution in [0.1, 0.15) is 44.6 Å². The third kappa shape index (κ3) is 5.09. The molecule has 1 aliphatic carbocycles. The van der Waals surface area contributed by atoms with Crippen LogP contribution in [0.5, 0.6) is 0 Å². The fourth-order valence-electron chi connectivity index (χ4n) is 3.38. The van der Waals surface area contributed by atoms with Gasteiger partial charge in [0.2, 0.25) is 0 Å². The van der Waals surface area contributed by atoms with Gasteiger partial charge in [-0.05, 0) is 60.0 Å². The molecule has 3 nitrogen and oxygen atoms in total. The molecule has 0 aromatic carbocycles. The van der Waals surface area contributed by atoms with Gasteiger partial charge < -0.3 is 10.0 Å². The summed E-state index contributed by atoms with van der Waals surface area (Å²) in [4.78, 5) is 6.09. The first-order valence-electron chi connectivity index (χ1n) is 8.43. The lowest BCUT2D eigenvalue weighted by atomic mass is 9.80. The van der Waals surface area contributed by atoms with Crippen LogP contribution in [0.2, 0.25) is 0 Å². The van der Waals surface area contributed by atoms with E-state index in [2.05, 4.69) is 20.9 Å². The zero-order valence-electron chi connectivity index (χ0n) is 13.8. The van der Waals surface area contributed by atoms with Gasteiger partial charge in [0.05, 0.1) is 10.0 Å².